The lowest BCUT2D eigenvalue weighted by molar-refractivity contribution is 0.0730. The zero-order valence-electron chi connectivity index (χ0n) is 13.5. The van der Waals surface area contributed by atoms with Crippen LogP contribution in [0.4, 0.5) is 0 Å². The summed E-state index contributed by atoms with van der Waals surface area (Å²) in [7, 11) is -3.82. The average molecular weight is 395 g/mol. The maximum atomic E-state index is 12.8. The number of hydrogen-bond acceptors (Lipinski definition) is 4. The molecule has 1 amide bonds. The highest BCUT2D eigenvalue weighted by molar-refractivity contribution is 7.89. The van der Waals surface area contributed by atoms with Gasteiger partial charge in [0.05, 0.1) is 28.8 Å². The van der Waals surface area contributed by atoms with Crippen LogP contribution in [0.3, 0.4) is 0 Å². The van der Waals surface area contributed by atoms with Crippen molar-refractivity contribution in [2.45, 2.75) is 31.2 Å². The largest absolute Gasteiger partial charge is 0.379 e. The number of halogens is 2. The Morgan fingerprint density at radius 2 is 1.92 bits per heavy atom. The minimum absolute atomic E-state index is 0.00779. The fraction of sp³-hybridized carbons (Fsp3) is 0.533. The molecule has 1 unspecified atom stereocenters. The Morgan fingerprint density at radius 1 is 1.29 bits per heavy atom. The molecule has 1 aromatic rings. The molecule has 1 N–H and O–H groups in total. The molecule has 1 heterocycles. The van der Waals surface area contributed by atoms with Crippen molar-refractivity contribution in [3.63, 3.8) is 0 Å². The lowest BCUT2D eigenvalue weighted by atomic mass is 10.2. The van der Waals surface area contributed by atoms with Gasteiger partial charge in [0, 0.05) is 19.1 Å². The number of rotatable bonds is 5. The van der Waals surface area contributed by atoms with E-state index in [0.717, 1.165) is 6.42 Å². The maximum absolute atomic E-state index is 12.8. The van der Waals surface area contributed by atoms with Crippen molar-refractivity contribution < 1.29 is 17.9 Å². The highest BCUT2D eigenvalue weighted by atomic mass is 35.5. The first-order valence-electron chi connectivity index (χ1n) is 7.65. The number of morpholine rings is 1. The summed E-state index contributed by atoms with van der Waals surface area (Å²) in [6, 6.07) is 2.48. The van der Waals surface area contributed by atoms with E-state index in [1.165, 1.54) is 16.4 Å². The van der Waals surface area contributed by atoms with Crippen molar-refractivity contribution in [1.82, 2.24) is 9.62 Å². The Kier molecular flexibility index (Phi) is 6.50. The van der Waals surface area contributed by atoms with Gasteiger partial charge in [0.1, 0.15) is 4.90 Å². The second kappa shape index (κ2) is 8.01. The van der Waals surface area contributed by atoms with E-state index in [9.17, 15) is 13.2 Å². The van der Waals surface area contributed by atoms with Gasteiger partial charge in [-0.3, -0.25) is 4.79 Å². The normalized spacial score (nSPS) is 17.5. The molecule has 9 heteroatoms. The topological polar surface area (TPSA) is 75.7 Å². The number of nitrogens with one attached hydrogen (secondary N) is 1. The smallest absolute Gasteiger partial charge is 0.253 e. The van der Waals surface area contributed by atoms with E-state index in [-0.39, 0.29) is 39.6 Å². The second-order valence-electron chi connectivity index (χ2n) is 5.56. The molecule has 0 spiro atoms. The second-order valence-corrected chi connectivity index (χ2v) is 8.28. The summed E-state index contributed by atoms with van der Waals surface area (Å²) < 4.78 is 32.0. The first kappa shape index (κ1) is 19.5. The monoisotopic (exact) mass is 394 g/mol. The summed E-state index contributed by atoms with van der Waals surface area (Å²) in [4.78, 5) is 12.2. The lowest BCUT2D eigenvalue weighted by Crippen LogP contribution is -2.40. The van der Waals surface area contributed by atoms with Gasteiger partial charge in [-0.15, -0.1) is 0 Å². The number of sulfonamides is 1. The number of nitrogens with zero attached hydrogens (tertiary/aromatic N) is 1. The SMILES string of the molecule is CCC(C)NC(=O)c1cc(S(=O)(=O)N2CCOCC2)c(Cl)cc1Cl. The molecule has 1 aromatic carbocycles. The molecule has 0 bridgehead atoms. The number of benzene rings is 1. The predicted octanol–water partition coefficient (Wildman–Crippen LogP) is 2.54. The van der Waals surface area contributed by atoms with E-state index in [2.05, 4.69) is 5.32 Å². The van der Waals surface area contributed by atoms with Crippen molar-refractivity contribution in [2.75, 3.05) is 26.3 Å². The van der Waals surface area contributed by atoms with Gasteiger partial charge in [0.2, 0.25) is 10.0 Å². The van der Waals surface area contributed by atoms with Gasteiger partial charge in [-0.1, -0.05) is 30.1 Å². The predicted molar refractivity (Wildman–Crippen MR) is 93.3 cm³/mol. The van der Waals surface area contributed by atoms with Crippen LogP contribution >= 0.6 is 23.2 Å². The average Bonchev–Trinajstić information content (AvgIpc) is 2.55. The summed E-state index contributed by atoms with van der Waals surface area (Å²) in [5.74, 6) is -0.426. The molecule has 1 aliphatic rings. The lowest BCUT2D eigenvalue weighted by Gasteiger charge is -2.26. The van der Waals surface area contributed by atoms with E-state index in [0.29, 0.717) is 13.2 Å². The Labute approximate surface area is 152 Å². The van der Waals surface area contributed by atoms with Crippen LogP contribution in [0.2, 0.25) is 10.0 Å². The number of carbonyl (C=O) groups is 1. The zero-order chi connectivity index (χ0) is 17.9. The molecule has 1 atom stereocenters. The Bertz CT molecular complexity index is 718. The molecular formula is C15H20Cl2N2O4S. The molecule has 0 aliphatic carbocycles. The van der Waals surface area contributed by atoms with Crippen molar-refractivity contribution in [3.8, 4) is 0 Å². The van der Waals surface area contributed by atoms with E-state index < -0.39 is 15.9 Å². The van der Waals surface area contributed by atoms with E-state index in [1.54, 1.807) is 0 Å². The van der Waals surface area contributed by atoms with Gasteiger partial charge in [-0.25, -0.2) is 8.42 Å². The molecule has 0 aromatic heterocycles. The molecule has 2 rings (SSSR count). The number of hydrogen-bond donors (Lipinski definition) is 1. The fourth-order valence-electron chi connectivity index (χ4n) is 2.23. The number of amides is 1. The van der Waals surface area contributed by atoms with Crippen molar-refractivity contribution in [3.05, 3.63) is 27.7 Å². The van der Waals surface area contributed by atoms with Crippen LogP contribution in [0.25, 0.3) is 0 Å². The van der Waals surface area contributed by atoms with Gasteiger partial charge in [-0.05, 0) is 25.5 Å². The molecule has 134 valence electrons. The first-order valence-corrected chi connectivity index (χ1v) is 9.84. The highest BCUT2D eigenvalue weighted by Gasteiger charge is 2.30. The van der Waals surface area contributed by atoms with Crippen LogP contribution in [0.5, 0.6) is 0 Å². The molecule has 24 heavy (non-hydrogen) atoms. The van der Waals surface area contributed by atoms with Crippen molar-refractivity contribution >= 4 is 39.1 Å². The number of carbonyl (C=O) groups excluding carboxylic acids is 1. The summed E-state index contributed by atoms with van der Waals surface area (Å²) >= 11 is 12.2. The first-order chi connectivity index (χ1) is 11.3. The van der Waals surface area contributed by atoms with E-state index in [1.807, 2.05) is 13.8 Å². The van der Waals surface area contributed by atoms with Crippen LogP contribution in [0.1, 0.15) is 30.6 Å². The standard InChI is InChI=1S/C15H20Cl2N2O4S/c1-3-10(2)18-15(20)11-8-14(13(17)9-12(11)16)24(21,22)19-4-6-23-7-5-19/h8-10H,3-7H2,1-2H3,(H,18,20). The molecule has 1 aliphatic heterocycles. The molecule has 0 radical (unpaired) electrons. The summed E-state index contributed by atoms with van der Waals surface area (Å²) in [5.41, 5.74) is 0.0909. The molecule has 1 fully saturated rings. The summed E-state index contributed by atoms with van der Waals surface area (Å²) in [5, 5.41) is 2.87. The summed E-state index contributed by atoms with van der Waals surface area (Å²) in [6.45, 7) is 4.93. The molecule has 1 saturated heterocycles. The summed E-state index contributed by atoms with van der Waals surface area (Å²) in [6.07, 6.45) is 0.746. The third-order valence-corrected chi connectivity index (χ3v) is 6.52. The van der Waals surface area contributed by atoms with Crippen LogP contribution in [0.15, 0.2) is 17.0 Å². The Hall–Kier alpha value is -0.860. The fourth-order valence-corrected chi connectivity index (χ4v) is 4.47. The Morgan fingerprint density at radius 3 is 2.50 bits per heavy atom. The van der Waals surface area contributed by atoms with Gasteiger partial charge >= 0.3 is 0 Å². The molecular weight excluding hydrogens is 375 g/mol. The quantitative estimate of drug-likeness (QED) is 0.832. The van der Waals surface area contributed by atoms with Crippen LogP contribution in [0, 0.1) is 0 Å². The van der Waals surface area contributed by atoms with Gasteiger partial charge in [-0.2, -0.15) is 4.31 Å². The van der Waals surface area contributed by atoms with Gasteiger partial charge in [0.25, 0.3) is 5.91 Å². The van der Waals surface area contributed by atoms with Crippen LogP contribution < -0.4 is 5.32 Å². The minimum atomic E-state index is -3.82. The van der Waals surface area contributed by atoms with E-state index >= 15 is 0 Å². The minimum Gasteiger partial charge on any atom is -0.379 e. The van der Waals surface area contributed by atoms with E-state index in [4.69, 9.17) is 27.9 Å². The third kappa shape index (κ3) is 4.21. The molecule has 6 nitrogen and oxygen atoms in total. The van der Waals surface area contributed by atoms with Gasteiger partial charge in [0.15, 0.2) is 0 Å². The van der Waals surface area contributed by atoms with Crippen LogP contribution in [-0.4, -0.2) is 51.0 Å². The van der Waals surface area contributed by atoms with Crippen molar-refractivity contribution in [2.24, 2.45) is 0 Å². The Balaban J connectivity index is 2.40. The maximum Gasteiger partial charge on any atom is 0.253 e. The number of ether oxygens (including phenoxy) is 1. The third-order valence-electron chi connectivity index (χ3n) is 3.84. The zero-order valence-corrected chi connectivity index (χ0v) is 15.8. The van der Waals surface area contributed by atoms with Crippen molar-refractivity contribution in [1.29, 1.82) is 0 Å². The van der Waals surface area contributed by atoms with Gasteiger partial charge < -0.3 is 10.1 Å². The van der Waals surface area contributed by atoms with Crippen LogP contribution in [-0.2, 0) is 14.8 Å². The molecule has 0 saturated carbocycles. The highest BCUT2D eigenvalue weighted by Crippen LogP contribution is 2.31.